The lowest BCUT2D eigenvalue weighted by Crippen LogP contribution is -2.17. The summed E-state index contributed by atoms with van der Waals surface area (Å²) in [5.74, 6) is 0.410. The fraction of sp³-hybridized carbons (Fsp3) is 0.188. The van der Waals surface area contributed by atoms with Crippen molar-refractivity contribution >= 4 is 5.71 Å². The molecule has 1 aliphatic rings. The predicted molar refractivity (Wildman–Crippen MR) is 72.3 cm³/mol. The molecule has 3 rings (SSSR count). The van der Waals surface area contributed by atoms with E-state index in [9.17, 15) is 0 Å². The van der Waals surface area contributed by atoms with Crippen LogP contribution in [0.15, 0.2) is 59.8 Å². The number of benzene rings is 2. The topological polar surface area (TPSA) is 32.6 Å². The second-order valence-electron chi connectivity index (χ2n) is 4.64. The zero-order valence-corrected chi connectivity index (χ0v) is 10.1. The molecule has 2 nitrogen and oxygen atoms in total. The number of rotatable bonds is 1. The number of hydrogen-bond acceptors (Lipinski definition) is 2. The molecule has 1 atom stereocenters. The van der Waals surface area contributed by atoms with Crippen LogP contribution in [0.2, 0.25) is 0 Å². The Morgan fingerprint density at radius 3 is 2.44 bits per heavy atom. The summed E-state index contributed by atoms with van der Waals surface area (Å²) in [6.45, 7) is 0. The van der Waals surface area contributed by atoms with Crippen LogP contribution >= 0.6 is 0 Å². The molecule has 2 heteroatoms. The largest absolute Gasteiger partial charge is 0.411 e. The van der Waals surface area contributed by atoms with E-state index in [1.165, 1.54) is 11.1 Å². The van der Waals surface area contributed by atoms with E-state index in [0.29, 0.717) is 5.92 Å². The maximum atomic E-state index is 9.08. The molecule has 18 heavy (non-hydrogen) atoms. The van der Waals surface area contributed by atoms with Gasteiger partial charge in [0, 0.05) is 11.5 Å². The van der Waals surface area contributed by atoms with Crippen molar-refractivity contribution in [3.05, 3.63) is 71.3 Å². The molecule has 0 radical (unpaired) electrons. The summed E-state index contributed by atoms with van der Waals surface area (Å²) in [5.41, 5.74) is 4.49. The Labute approximate surface area is 107 Å². The third-order valence-electron chi connectivity index (χ3n) is 3.64. The van der Waals surface area contributed by atoms with Crippen LogP contribution in [-0.4, -0.2) is 10.9 Å². The molecule has 2 aromatic carbocycles. The van der Waals surface area contributed by atoms with E-state index in [0.717, 1.165) is 24.1 Å². The van der Waals surface area contributed by atoms with Crippen LogP contribution in [0.4, 0.5) is 0 Å². The molecule has 0 fully saturated rings. The molecule has 1 N–H and O–H groups in total. The summed E-state index contributed by atoms with van der Waals surface area (Å²) in [5, 5.41) is 12.5. The van der Waals surface area contributed by atoms with Gasteiger partial charge in [0.15, 0.2) is 0 Å². The lowest BCUT2D eigenvalue weighted by atomic mass is 9.78. The second kappa shape index (κ2) is 4.65. The average molecular weight is 237 g/mol. The summed E-state index contributed by atoms with van der Waals surface area (Å²) < 4.78 is 0. The number of hydrogen-bond donors (Lipinski definition) is 1. The summed E-state index contributed by atoms with van der Waals surface area (Å²) in [7, 11) is 0. The molecule has 0 saturated carbocycles. The normalized spacial score (nSPS) is 20.7. The number of fused-ring (bicyclic) bond motifs is 1. The Kier molecular flexibility index (Phi) is 2.85. The third kappa shape index (κ3) is 1.80. The summed E-state index contributed by atoms with van der Waals surface area (Å²) >= 11 is 0. The number of nitrogens with zero attached hydrogens (tertiary/aromatic N) is 1. The molecule has 0 heterocycles. The molecule has 0 aliphatic heterocycles. The maximum absolute atomic E-state index is 9.08. The van der Waals surface area contributed by atoms with Gasteiger partial charge in [-0.25, -0.2) is 0 Å². The van der Waals surface area contributed by atoms with E-state index in [1.807, 2.05) is 18.2 Å². The van der Waals surface area contributed by atoms with Crippen LogP contribution in [-0.2, 0) is 0 Å². The molecular formula is C16H15NO. The highest BCUT2D eigenvalue weighted by Crippen LogP contribution is 2.36. The maximum Gasteiger partial charge on any atom is 0.0871 e. The van der Waals surface area contributed by atoms with E-state index in [-0.39, 0.29) is 0 Å². The summed E-state index contributed by atoms with van der Waals surface area (Å²) in [6.07, 6.45) is 1.83. The first-order valence-electron chi connectivity index (χ1n) is 6.25. The van der Waals surface area contributed by atoms with Gasteiger partial charge in [0.25, 0.3) is 0 Å². The van der Waals surface area contributed by atoms with E-state index >= 15 is 0 Å². The quantitative estimate of drug-likeness (QED) is 0.594. The van der Waals surface area contributed by atoms with Gasteiger partial charge in [-0.15, -0.1) is 0 Å². The van der Waals surface area contributed by atoms with Crippen LogP contribution in [0.1, 0.15) is 35.4 Å². The lowest BCUT2D eigenvalue weighted by Gasteiger charge is -2.26. The van der Waals surface area contributed by atoms with Gasteiger partial charge < -0.3 is 5.21 Å². The Bertz CT molecular complexity index is 575. The Balaban J connectivity index is 2.10. The fourth-order valence-electron chi connectivity index (χ4n) is 2.77. The molecular weight excluding hydrogens is 222 g/mol. The van der Waals surface area contributed by atoms with Gasteiger partial charge in [-0.3, -0.25) is 0 Å². The smallest absolute Gasteiger partial charge is 0.0871 e. The van der Waals surface area contributed by atoms with Gasteiger partial charge in [-0.2, -0.15) is 0 Å². The molecule has 2 aromatic rings. The van der Waals surface area contributed by atoms with Crippen molar-refractivity contribution in [2.24, 2.45) is 5.16 Å². The monoisotopic (exact) mass is 237 g/mol. The number of oxime groups is 1. The van der Waals surface area contributed by atoms with Gasteiger partial charge in [0.1, 0.15) is 0 Å². The van der Waals surface area contributed by atoms with Gasteiger partial charge in [0.2, 0.25) is 0 Å². The third-order valence-corrected chi connectivity index (χ3v) is 3.64. The fourth-order valence-corrected chi connectivity index (χ4v) is 2.77. The van der Waals surface area contributed by atoms with E-state index in [2.05, 4.69) is 41.6 Å². The highest BCUT2D eigenvalue weighted by Gasteiger charge is 2.25. The Hall–Kier alpha value is -2.09. The standard InChI is InChI=1S/C16H15NO/c18-17-16-11-10-13(12-6-2-1-3-7-12)14-8-4-5-9-15(14)16/h1-9,13,18H,10-11H2. The highest BCUT2D eigenvalue weighted by molar-refractivity contribution is 6.02. The first-order valence-corrected chi connectivity index (χ1v) is 6.25. The van der Waals surface area contributed by atoms with Gasteiger partial charge in [-0.05, 0) is 24.0 Å². The van der Waals surface area contributed by atoms with Crippen molar-refractivity contribution in [1.82, 2.24) is 0 Å². The Morgan fingerprint density at radius 2 is 1.67 bits per heavy atom. The minimum atomic E-state index is 0.410. The lowest BCUT2D eigenvalue weighted by molar-refractivity contribution is 0.317. The predicted octanol–water partition coefficient (Wildman–Crippen LogP) is 3.79. The molecule has 0 spiro atoms. The minimum absolute atomic E-state index is 0.410. The van der Waals surface area contributed by atoms with Crippen molar-refractivity contribution in [1.29, 1.82) is 0 Å². The molecule has 0 aromatic heterocycles. The first-order chi connectivity index (χ1) is 8.90. The molecule has 1 unspecified atom stereocenters. The average Bonchev–Trinajstić information content (AvgIpc) is 2.47. The van der Waals surface area contributed by atoms with E-state index in [4.69, 9.17) is 5.21 Å². The van der Waals surface area contributed by atoms with Gasteiger partial charge in [-0.1, -0.05) is 59.8 Å². The van der Waals surface area contributed by atoms with Crippen LogP contribution in [0.25, 0.3) is 0 Å². The van der Waals surface area contributed by atoms with E-state index < -0.39 is 0 Å². The van der Waals surface area contributed by atoms with Crippen LogP contribution in [0.5, 0.6) is 0 Å². The highest BCUT2D eigenvalue weighted by atomic mass is 16.4. The van der Waals surface area contributed by atoms with Crippen molar-refractivity contribution in [2.45, 2.75) is 18.8 Å². The summed E-state index contributed by atoms with van der Waals surface area (Å²) in [4.78, 5) is 0. The summed E-state index contributed by atoms with van der Waals surface area (Å²) in [6, 6.07) is 18.8. The van der Waals surface area contributed by atoms with Crippen LogP contribution in [0, 0.1) is 0 Å². The zero-order valence-electron chi connectivity index (χ0n) is 10.1. The molecule has 1 aliphatic carbocycles. The van der Waals surface area contributed by atoms with Crippen LogP contribution < -0.4 is 0 Å². The van der Waals surface area contributed by atoms with Crippen molar-refractivity contribution in [3.8, 4) is 0 Å². The SMILES string of the molecule is ON=C1CCC(c2ccccc2)c2ccccc21. The molecule has 0 amide bonds. The first kappa shape index (κ1) is 11.0. The van der Waals surface area contributed by atoms with E-state index in [1.54, 1.807) is 0 Å². The minimum Gasteiger partial charge on any atom is -0.411 e. The Morgan fingerprint density at radius 1 is 0.944 bits per heavy atom. The van der Waals surface area contributed by atoms with Crippen molar-refractivity contribution in [3.63, 3.8) is 0 Å². The zero-order chi connectivity index (χ0) is 12.4. The molecule has 90 valence electrons. The molecule has 0 saturated heterocycles. The molecule has 0 bridgehead atoms. The van der Waals surface area contributed by atoms with Crippen molar-refractivity contribution in [2.75, 3.05) is 0 Å². The van der Waals surface area contributed by atoms with Crippen LogP contribution in [0.3, 0.4) is 0 Å². The van der Waals surface area contributed by atoms with Gasteiger partial charge in [0.05, 0.1) is 5.71 Å². The van der Waals surface area contributed by atoms with Gasteiger partial charge >= 0.3 is 0 Å². The van der Waals surface area contributed by atoms with Crippen molar-refractivity contribution < 1.29 is 5.21 Å². The second-order valence-corrected chi connectivity index (χ2v) is 4.64.